The Morgan fingerprint density at radius 2 is 1.85 bits per heavy atom. The molecule has 0 unspecified atom stereocenters. The summed E-state index contributed by atoms with van der Waals surface area (Å²) in [6.45, 7) is 3.19. The maximum absolute atomic E-state index is 12.3. The fraction of sp³-hybridized carbons (Fsp3) is 0.556. The lowest BCUT2D eigenvalue weighted by molar-refractivity contribution is -0.126. The third kappa shape index (κ3) is 5.81. The van der Waals surface area contributed by atoms with Gasteiger partial charge in [-0.1, -0.05) is 25.1 Å². The predicted molar refractivity (Wildman–Crippen MR) is 100 cm³/mol. The van der Waals surface area contributed by atoms with Gasteiger partial charge in [0.05, 0.1) is 11.7 Å². The van der Waals surface area contributed by atoms with Crippen LogP contribution < -0.4 is 10.6 Å². The summed E-state index contributed by atoms with van der Waals surface area (Å²) < 4.78 is 25.8. The Balaban J connectivity index is 1.74. The predicted octanol–water partition coefficient (Wildman–Crippen LogP) is 0.984. The topological polar surface area (TPSA) is 95.6 Å². The Morgan fingerprint density at radius 1 is 1.15 bits per heavy atom. The molecule has 1 atom stereocenters. The van der Waals surface area contributed by atoms with Crippen LogP contribution in [-0.4, -0.2) is 56.5 Å². The van der Waals surface area contributed by atoms with E-state index in [0.29, 0.717) is 44.5 Å². The van der Waals surface area contributed by atoms with Crippen LogP contribution in [0.4, 0.5) is 0 Å². The minimum Gasteiger partial charge on any atom is -0.354 e. The zero-order valence-electron chi connectivity index (χ0n) is 15.1. The number of rotatable bonds is 8. The molecule has 1 heterocycles. The summed E-state index contributed by atoms with van der Waals surface area (Å²) in [7, 11) is -3.27. The molecule has 144 valence electrons. The van der Waals surface area contributed by atoms with Crippen molar-refractivity contribution in [3.05, 3.63) is 35.9 Å². The van der Waals surface area contributed by atoms with Gasteiger partial charge in [0.15, 0.2) is 0 Å². The summed E-state index contributed by atoms with van der Waals surface area (Å²) in [6.07, 6.45) is 1.93. The molecule has 1 aromatic carbocycles. The van der Waals surface area contributed by atoms with Gasteiger partial charge in [0.1, 0.15) is 0 Å². The van der Waals surface area contributed by atoms with Crippen LogP contribution in [0.5, 0.6) is 0 Å². The fourth-order valence-corrected chi connectivity index (χ4v) is 4.58. The van der Waals surface area contributed by atoms with E-state index in [4.69, 9.17) is 0 Å². The number of carbonyl (C=O) groups is 2. The van der Waals surface area contributed by atoms with Crippen molar-refractivity contribution in [3.8, 4) is 0 Å². The molecule has 1 aliphatic rings. The Bertz CT molecular complexity index is 706. The summed E-state index contributed by atoms with van der Waals surface area (Å²) in [5.41, 5.74) is 0.572. The van der Waals surface area contributed by atoms with Crippen molar-refractivity contribution in [1.29, 1.82) is 0 Å². The smallest absolute Gasteiger partial charge is 0.251 e. The molecule has 0 aliphatic carbocycles. The molecule has 2 N–H and O–H groups in total. The summed E-state index contributed by atoms with van der Waals surface area (Å²) in [6, 6.07) is 8.87. The molecule has 0 spiro atoms. The molecule has 2 amide bonds. The van der Waals surface area contributed by atoms with Crippen LogP contribution in [0, 0.1) is 5.92 Å². The van der Waals surface area contributed by atoms with Gasteiger partial charge in [-0.2, -0.15) is 0 Å². The first-order valence-corrected chi connectivity index (χ1v) is 10.6. The molecule has 0 bridgehead atoms. The summed E-state index contributed by atoms with van der Waals surface area (Å²) in [5, 5.41) is 5.54. The minimum absolute atomic E-state index is 0.118. The zero-order chi connectivity index (χ0) is 19.0. The van der Waals surface area contributed by atoms with Gasteiger partial charge >= 0.3 is 0 Å². The first-order chi connectivity index (χ1) is 12.4. The molecule has 0 aromatic heterocycles. The maximum Gasteiger partial charge on any atom is 0.251 e. The van der Waals surface area contributed by atoms with Crippen molar-refractivity contribution in [3.63, 3.8) is 0 Å². The third-order valence-electron chi connectivity index (χ3n) is 4.36. The number of piperidine rings is 1. The SMILES string of the molecule is CCCS(=O)(=O)N1CCC[C@@H](C(=O)NCCNC(=O)c2ccccc2)C1. The van der Waals surface area contributed by atoms with Crippen LogP contribution in [0.2, 0.25) is 0 Å². The monoisotopic (exact) mass is 381 g/mol. The van der Waals surface area contributed by atoms with Crippen molar-refractivity contribution in [2.75, 3.05) is 31.9 Å². The normalized spacial score (nSPS) is 18.3. The number of nitrogens with one attached hydrogen (secondary N) is 2. The van der Waals surface area contributed by atoms with Crippen LogP contribution in [0.3, 0.4) is 0 Å². The van der Waals surface area contributed by atoms with Crippen LogP contribution in [0.15, 0.2) is 30.3 Å². The lowest BCUT2D eigenvalue weighted by atomic mass is 9.99. The van der Waals surface area contributed by atoms with E-state index in [1.165, 1.54) is 4.31 Å². The van der Waals surface area contributed by atoms with Crippen molar-refractivity contribution < 1.29 is 18.0 Å². The molecular weight excluding hydrogens is 354 g/mol. The van der Waals surface area contributed by atoms with Crippen LogP contribution in [0.25, 0.3) is 0 Å². The molecule has 1 fully saturated rings. The van der Waals surface area contributed by atoms with Crippen LogP contribution >= 0.6 is 0 Å². The number of amides is 2. The molecule has 1 aliphatic heterocycles. The maximum atomic E-state index is 12.3. The minimum atomic E-state index is -3.27. The first-order valence-electron chi connectivity index (χ1n) is 9.03. The molecule has 2 rings (SSSR count). The second-order valence-corrected chi connectivity index (χ2v) is 8.51. The van der Waals surface area contributed by atoms with E-state index in [2.05, 4.69) is 10.6 Å². The second kappa shape index (κ2) is 9.68. The number of benzene rings is 1. The average Bonchev–Trinajstić information content (AvgIpc) is 2.65. The molecule has 8 heteroatoms. The highest BCUT2D eigenvalue weighted by molar-refractivity contribution is 7.89. The Kier molecular flexibility index (Phi) is 7.59. The van der Waals surface area contributed by atoms with Gasteiger partial charge in [0.2, 0.25) is 15.9 Å². The molecule has 7 nitrogen and oxygen atoms in total. The van der Waals surface area contributed by atoms with E-state index in [1.807, 2.05) is 13.0 Å². The number of sulfonamides is 1. The summed E-state index contributed by atoms with van der Waals surface area (Å²) >= 11 is 0. The van der Waals surface area contributed by atoms with E-state index in [-0.39, 0.29) is 30.0 Å². The largest absolute Gasteiger partial charge is 0.354 e. The van der Waals surface area contributed by atoms with E-state index >= 15 is 0 Å². The van der Waals surface area contributed by atoms with Crippen molar-refractivity contribution >= 4 is 21.8 Å². The molecule has 0 saturated carbocycles. The van der Waals surface area contributed by atoms with Crippen molar-refractivity contribution in [2.45, 2.75) is 26.2 Å². The van der Waals surface area contributed by atoms with E-state index in [9.17, 15) is 18.0 Å². The van der Waals surface area contributed by atoms with Gasteiger partial charge < -0.3 is 10.6 Å². The quantitative estimate of drug-likeness (QED) is 0.656. The highest BCUT2D eigenvalue weighted by atomic mass is 32.2. The number of nitrogens with zero attached hydrogens (tertiary/aromatic N) is 1. The van der Waals surface area contributed by atoms with Crippen molar-refractivity contribution in [2.24, 2.45) is 5.92 Å². The number of hydrogen-bond donors (Lipinski definition) is 2. The average molecular weight is 381 g/mol. The second-order valence-electron chi connectivity index (χ2n) is 6.43. The molecule has 0 radical (unpaired) electrons. The molecule has 1 saturated heterocycles. The highest BCUT2D eigenvalue weighted by Crippen LogP contribution is 2.20. The van der Waals surface area contributed by atoms with Gasteiger partial charge in [-0.3, -0.25) is 9.59 Å². The van der Waals surface area contributed by atoms with Gasteiger partial charge in [-0.25, -0.2) is 12.7 Å². The Hall–Kier alpha value is -1.93. The standard InChI is InChI=1S/C18H27N3O4S/c1-2-13-26(24,25)21-12-6-9-16(14-21)18(23)20-11-10-19-17(22)15-7-4-3-5-8-15/h3-5,7-8,16H,2,6,9-14H2,1H3,(H,19,22)(H,20,23)/t16-/m1/s1. The van der Waals surface area contributed by atoms with Crippen LogP contribution in [-0.2, 0) is 14.8 Å². The lowest BCUT2D eigenvalue weighted by Gasteiger charge is -2.31. The van der Waals surface area contributed by atoms with Gasteiger partial charge in [-0.15, -0.1) is 0 Å². The Morgan fingerprint density at radius 3 is 2.54 bits per heavy atom. The summed E-state index contributed by atoms with van der Waals surface area (Å²) in [5.74, 6) is -0.558. The molecule has 1 aromatic rings. The molecule has 26 heavy (non-hydrogen) atoms. The number of carbonyl (C=O) groups excluding carboxylic acids is 2. The molecular formula is C18H27N3O4S. The third-order valence-corrected chi connectivity index (χ3v) is 6.40. The first kappa shape index (κ1) is 20.4. The fourth-order valence-electron chi connectivity index (χ4n) is 2.99. The Labute approximate surface area is 155 Å². The van der Waals surface area contributed by atoms with E-state index in [0.717, 1.165) is 0 Å². The lowest BCUT2D eigenvalue weighted by Crippen LogP contribution is -2.47. The zero-order valence-corrected chi connectivity index (χ0v) is 15.9. The summed E-state index contributed by atoms with van der Waals surface area (Å²) in [4.78, 5) is 24.2. The van der Waals surface area contributed by atoms with E-state index < -0.39 is 10.0 Å². The van der Waals surface area contributed by atoms with Crippen LogP contribution in [0.1, 0.15) is 36.5 Å². The van der Waals surface area contributed by atoms with E-state index in [1.54, 1.807) is 24.3 Å². The number of hydrogen-bond acceptors (Lipinski definition) is 4. The van der Waals surface area contributed by atoms with Gasteiger partial charge in [0.25, 0.3) is 5.91 Å². The highest BCUT2D eigenvalue weighted by Gasteiger charge is 2.31. The van der Waals surface area contributed by atoms with Gasteiger partial charge in [-0.05, 0) is 31.4 Å². The van der Waals surface area contributed by atoms with Crippen molar-refractivity contribution in [1.82, 2.24) is 14.9 Å². The van der Waals surface area contributed by atoms with Gasteiger partial charge in [0, 0.05) is 31.7 Å².